The Kier molecular flexibility index (Phi) is 10.4. The number of rotatable bonds is 8. The third kappa shape index (κ3) is 6.58. The van der Waals surface area contributed by atoms with E-state index in [0.29, 0.717) is 17.5 Å². The molecule has 0 amide bonds. The molecule has 0 N–H and O–H groups in total. The first-order valence-electron chi connectivity index (χ1n) is 24.9. The van der Waals surface area contributed by atoms with Gasteiger partial charge in [-0.3, -0.25) is 0 Å². The maximum Gasteiger partial charge on any atom is 0.164 e. The Morgan fingerprint density at radius 1 is 0.563 bits per heavy atom. The number of aromatic nitrogens is 5. The number of nitrogens with zero attached hydrogens (tertiary/aromatic N) is 5. The fourth-order valence-corrected chi connectivity index (χ4v) is 13.2. The summed E-state index contributed by atoms with van der Waals surface area (Å²) < 4.78 is 4.92. The van der Waals surface area contributed by atoms with Crippen LogP contribution >= 0.6 is 11.8 Å². The Hall–Kier alpha value is -8.06. The van der Waals surface area contributed by atoms with Crippen molar-refractivity contribution in [3.05, 3.63) is 238 Å². The Bertz CT molecular complexity index is 3840. The summed E-state index contributed by atoms with van der Waals surface area (Å²) in [5.41, 5.74) is 20.8. The molecule has 6 heteroatoms. The van der Waals surface area contributed by atoms with Gasteiger partial charge in [-0.2, -0.15) is 0 Å². The lowest BCUT2D eigenvalue weighted by molar-refractivity contribution is 0.722. The zero-order chi connectivity index (χ0) is 47.8. The van der Waals surface area contributed by atoms with Gasteiger partial charge in [0.1, 0.15) is 0 Å². The summed E-state index contributed by atoms with van der Waals surface area (Å²) in [6, 6.07) is 59.9. The van der Waals surface area contributed by atoms with Gasteiger partial charge in [0.05, 0.1) is 10.9 Å². The van der Waals surface area contributed by atoms with E-state index < -0.39 is 5.41 Å². The van der Waals surface area contributed by atoms with Crippen LogP contribution in [0.15, 0.2) is 192 Å². The largest absolute Gasteiger partial charge is 0.313 e. The molecule has 4 heterocycles. The zero-order valence-electron chi connectivity index (χ0n) is 40.3. The van der Waals surface area contributed by atoms with Gasteiger partial charge in [0, 0.05) is 60.3 Å². The first-order valence-corrected chi connectivity index (χ1v) is 25.7. The molecule has 0 saturated heterocycles. The lowest BCUT2D eigenvalue weighted by atomic mass is 9.67. The quantitative estimate of drug-likeness (QED) is 0.152. The molecule has 0 bridgehead atoms. The van der Waals surface area contributed by atoms with E-state index in [1.54, 1.807) is 0 Å². The molecule has 3 aromatic heterocycles. The summed E-state index contributed by atoms with van der Waals surface area (Å²) in [7, 11) is 0. The molecular weight excluding hydrogens is 883 g/mol. The minimum Gasteiger partial charge on any atom is -0.313 e. The normalized spacial score (nSPS) is 14.0. The van der Waals surface area contributed by atoms with Gasteiger partial charge >= 0.3 is 0 Å². The van der Waals surface area contributed by atoms with Crippen LogP contribution in [-0.4, -0.2) is 24.1 Å². The molecule has 13 rings (SSSR count). The van der Waals surface area contributed by atoms with E-state index in [4.69, 9.17) is 15.0 Å². The number of allylic oxidation sites excluding steroid dienone is 3. The Morgan fingerprint density at radius 2 is 1.17 bits per heavy atom. The van der Waals surface area contributed by atoms with E-state index in [-0.39, 0.29) is 0 Å². The first-order chi connectivity index (χ1) is 35.0. The van der Waals surface area contributed by atoms with Gasteiger partial charge in [-0.1, -0.05) is 164 Å². The molecule has 0 saturated carbocycles. The van der Waals surface area contributed by atoms with Crippen molar-refractivity contribution in [2.24, 2.45) is 0 Å². The number of aryl methyl sites for hydroxylation is 1. The highest BCUT2D eigenvalue weighted by Crippen LogP contribution is 2.62. The molecule has 1 aliphatic heterocycles. The molecular formula is C65H51N5S. The molecule has 3 aliphatic rings. The molecule has 7 aromatic carbocycles. The summed E-state index contributed by atoms with van der Waals surface area (Å²) in [6.45, 7) is 8.73. The number of hydrogen-bond acceptors (Lipinski definition) is 4. The van der Waals surface area contributed by atoms with E-state index >= 15 is 0 Å². The fourth-order valence-electron chi connectivity index (χ4n) is 12.0. The topological polar surface area (TPSA) is 48.5 Å². The van der Waals surface area contributed by atoms with Crippen LogP contribution in [0.25, 0.3) is 85.8 Å². The maximum absolute atomic E-state index is 5.58. The summed E-state index contributed by atoms with van der Waals surface area (Å²) in [5, 5.41) is 1.26. The average Bonchev–Trinajstić information content (AvgIpc) is 4.01. The van der Waals surface area contributed by atoms with E-state index in [0.717, 1.165) is 47.3 Å². The standard InChI is InChI=1S/C65H51N5S/c1-5-21-56-41(4)48-25-12-17-31-58(48)69(56)45-37-44(38-46(40-45)70-57(22-6-2)47(7-3)51-27-13-18-32-59(51)70)64-67-62(42-23-9-8-10-24-42)66-63(68-64)43-35-36-50-49-26-11-14-28-52(49)65(55(50)39-43)53-29-15-19-33-60(53)71-61-34-20-16-30-54(61)65/h5-6,8-16,18-30,32-40H,7,17,31H2,1-4H3/b21-5-,22-6-. The SMILES string of the molecule is C/C=C\c1c(C)c2c(n1-c1cc(-c3nc(-c4ccccc4)nc(-c4ccc5c(c4)C4(c6ccccc6Sc6ccccc64)c4ccccc4-5)n3)cc(-n3c(/C=C\C)c(CC)c4ccccc43)c1)CCC=C2. The smallest absolute Gasteiger partial charge is 0.164 e. The molecule has 342 valence electrons. The minimum atomic E-state index is -0.531. The fraction of sp³-hybridized carbons (Fsp3) is 0.123. The molecule has 1 spiro atoms. The lowest BCUT2D eigenvalue weighted by Gasteiger charge is -2.39. The third-order valence-corrected chi connectivity index (χ3v) is 16.1. The van der Waals surface area contributed by atoms with Gasteiger partial charge in [-0.15, -0.1) is 0 Å². The molecule has 0 atom stereocenters. The lowest BCUT2D eigenvalue weighted by Crippen LogP contribution is -2.31. The van der Waals surface area contributed by atoms with E-state index in [9.17, 15) is 0 Å². The summed E-state index contributed by atoms with van der Waals surface area (Å²) in [5.74, 6) is 1.87. The van der Waals surface area contributed by atoms with Crippen LogP contribution in [0.2, 0.25) is 0 Å². The number of benzene rings is 7. The summed E-state index contributed by atoms with van der Waals surface area (Å²) in [6.07, 6.45) is 16.3. The van der Waals surface area contributed by atoms with Crippen molar-refractivity contribution in [1.29, 1.82) is 0 Å². The summed E-state index contributed by atoms with van der Waals surface area (Å²) in [4.78, 5) is 18.9. The van der Waals surface area contributed by atoms with Crippen LogP contribution in [0.3, 0.4) is 0 Å². The van der Waals surface area contributed by atoms with E-state index in [1.807, 2.05) is 17.8 Å². The number of para-hydroxylation sites is 1. The molecule has 0 unspecified atom stereocenters. The van der Waals surface area contributed by atoms with E-state index in [1.165, 1.54) is 87.8 Å². The summed E-state index contributed by atoms with van der Waals surface area (Å²) >= 11 is 1.86. The van der Waals surface area contributed by atoms with Gasteiger partial charge in [-0.25, -0.2) is 15.0 Å². The Balaban J connectivity index is 1.09. The number of hydrogen-bond donors (Lipinski definition) is 0. The van der Waals surface area contributed by atoms with Crippen molar-refractivity contribution in [1.82, 2.24) is 24.1 Å². The van der Waals surface area contributed by atoms with Gasteiger partial charge in [0.15, 0.2) is 17.5 Å². The minimum absolute atomic E-state index is 0.531. The molecule has 2 aliphatic carbocycles. The highest BCUT2D eigenvalue weighted by molar-refractivity contribution is 7.99. The van der Waals surface area contributed by atoms with Crippen molar-refractivity contribution >= 4 is 40.9 Å². The maximum atomic E-state index is 5.58. The van der Waals surface area contributed by atoms with Gasteiger partial charge in [0.2, 0.25) is 0 Å². The van der Waals surface area contributed by atoms with Crippen LogP contribution in [0, 0.1) is 6.92 Å². The second-order valence-electron chi connectivity index (χ2n) is 18.8. The molecule has 5 nitrogen and oxygen atoms in total. The van der Waals surface area contributed by atoms with Gasteiger partial charge < -0.3 is 9.13 Å². The Morgan fingerprint density at radius 3 is 1.90 bits per heavy atom. The average molecular weight is 934 g/mol. The van der Waals surface area contributed by atoms with Gasteiger partial charge in [0.25, 0.3) is 0 Å². The van der Waals surface area contributed by atoms with Crippen LogP contribution in [0.1, 0.15) is 83.2 Å². The molecule has 0 fully saturated rings. The van der Waals surface area contributed by atoms with Crippen molar-refractivity contribution in [3.8, 4) is 56.7 Å². The third-order valence-electron chi connectivity index (χ3n) is 14.9. The van der Waals surface area contributed by atoms with Crippen molar-refractivity contribution in [3.63, 3.8) is 0 Å². The second kappa shape index (κ2) is 17.1. The number of fused-ring (bicyclic) bond motifs is 11. The van der Waals surface area contributed by atoms with Crippen molar-refractivity contribution in [2.75, 3.05) is 0 Å². The predicted octanol–water partition coefficient (Wildman–Crippen LogP) is 16.3. The predicted molar refractivity (Wildman–Crippen MR) is 295 cm³/mol. The first kappa shape index (κ1) is 43.0. The van der Waals surface area contributed by atoms with Crippen molar-refractivity contribution in [2.45, 2.75) is 62.2 Å². The van der Waals surface area contributed by atoms with Crippen LogP contribution in [-0.2, 0) is 18.3 Å². The Labute approximate surface area is 419 Å². The molecule has 10 aromatic rings. The highest BCUT2D eigenvalue weighted by Gasteiger charge is 2.50. The highest BCUT2D eigenvalue weighted by atomic mass is 32.2. The zero-order valence-corrected chi connectivity index (χ0v) is 41.1. The van der Waals surface area contributed by atoms with Gasteiger partial charge in [-0.05, 0) is 145 Å². The molecule has 71 heavy (non-hydrogen) atoms. The van der Waals surface area contributed by atoms with Crippen LogP contribution in [0.5, 0.6) is 0 Å². The van der Waals surface area contributed by atoms with Crippen molar-refractivity contribution < 1.29 is 0 Å². The van der Waals surface area contributed by atoms with Crippen LogP contribution < -0.4 is 0 Å². The second-order valence-corrected chi connectivity index (χ2v) is 19.9. The van der Waals surface area contributed by atoms with Crippen LogP contribution in [0.4, 0.5) is 0 Å². The van der Waals surface area contributed by atoms with E-state index in [2.05, 4.69) is 231 Å². The molecule has 0 radical (unpaired) electrons. The monoisotopic (exact) mass is 933 g/mol.